The van der Waals surface area contributed by atoms with Crippen LogP contribution < -0.4 is 9.64 Å². The molecule has 1 amide bonds. The second kappa shape index (κ2) is 11.2. The summed E-state index contributed by atoms with van der Waals surface area (Å²) >= 11 is 0. The van der Waals surface area contributed by atoms with E-state index in [4.69, 9.17) is 9.53 Å². The van der Waals surface area contributed by atoms with Gasteiger partial charge in [-0.15, -0.1) is 0 Å². The van der Waals surface area contributed by atoms with Gasteiger partial charge in [-0.1, -0.05) is 30.3 Å². The van der Waals surface area contributed by atoms with Gasteiger partial charge in [-0.05, 0) is 48.6 Å². The largest absolute Gasteiger partial charge is 0.457 e. The lowest BCUT2D eigenvalue weighted by molar-refractivity contribution is -0.106. The minimum absolute atomic E-state index is 0.0203. The highest BCUT2D eigenvalue weighted by Gasteiger charge is 2.41. The molecule has 0 N–H and O–H groups in total. The number of hydrogen-bond acceptors (Lipinski definition) is 6. The summed E-state index contributed by atoms with van der Waals surface area (Å²) in [5.41, 5.74) is 2.22. The minimum atomic E-state index is -0.0203. The maximum absolute atomic E-state index is 12.8. The van der Waals surface area contributed by atoms with Crippen molar-refractivity contribution >= 4 is 18.0 Å². The first-order valence-electron chi connectivity index (χ1n) is 11.9. The zero-order valence-corrected chi connectivity index (χ0v) is 20.6. The number of carbonyl (C=O) groups is 2. The summed E-state index contributed by atoms with van der Waals surface area (Å²) in [5, 5.41) is 4.24. The van der Waals surface area contributed by atoms with Gasteiger partial charge >= 0.3 is 6.03 Å². The van der Waals surface area contributed by atoms with Crippen molar-refractivity contribution in [3.8, 4) is 11.5 Å². The van der Waals surface area contributed by atoms with Crippen LogP contribution in [-0.4, -0.2) is 72.2 Å². The monoisotopic (exact) mass is 475 g/mol. The fraction of sp³-hybridized carbons (Fsp3) is 0.370. The number of anilines is 1. The standard InChI is InChI=1S/C25H29N5O2.C2H4O/c1-27(2)22-12-26-30(18-22)25(31)29-16-20-14-28(15-21(20)17-29)13-19-8-10-24(11-9-19)32-23-6-4-3-5-7-23;1-2-3/h3-12,18,20-21H,13-17H2,1-2H3;2H,1H3. The number of nitrogens with zero attached hydrogens (tertiary/aromatic N) is 5. The zero-order chi connectivity index (χ0) is 24.8. The van der Waals surface area contributed by atoms with Crippen molar-refractivity contribution in [2.45, 2.75) is 13.5 Å². The molecular weight excluding hydrogens is 442 g/mol. The van der Waals surface area contributed by atoms with Crippen molar-refractivity contribution in [1.29, 1.82) is 0 Å². The lowest BCUT2D eigenvalue weighted by atomic mass is 10.0. The van der Waals surface area contributed by atoms with Crippen LogP contribution >= 0.6 is 0 Å². The summed E-state index contributed by atoms with van der Waals surface area (Å²) in [6.45, 7) is 6.04. The molecule has 0 bridgehead atoms. The number of para-hydroxylation sites is 1. The Bertz CT molecular complexity index is 1100. The second-order valence-corrected chi connectivity index (χ2v) is 9.23. The van der Waals surface area contributed by atoms with Crippen molar-refractivity contribution in [3.63, 3.8) is 0 Å². The number of aldehydes is 1. The molecule has 8 heteroatoms. The highest BCUT2D eigenvalue weighted by atomic mass is 16.5. The molecule has 2 aliphatic heterocycles. The van der Waals surface area contributed by atoms with Crippen LogP contribution in [0.5, 0.6) is 11.5 Å². The fourth-order valence-electron chi connectivity index (χ4n) is 4.72. The molecule has 0 spiro atoms. The Labute approximate surface area is 206 Å². The van der Waals surface area contributed by atoms with E-state index >= 15 is 0 Å². The van der Waals surface area contributed by atoms with E-state index in [0.717, 1.165) is 56.2 Å². The second-order valence-electron chi connectivity index (χ2n) is 9.23. The maximum atomic E-state index is 12.8. The average Bonchev–Trinajstić information content (AvgIpc) is 3.57. The van der Waals surface area contributed by atoms with E-state index in [1.165, 1.54) is 17.2 Å². The number of hydrogen-bond donors (Lipinski definition) is 0. The van der Waals surface area contributed by atoms with Crippen molar-refractivity contribution in [1.82, 2.24) is 19.6 Å². The lowest BCUT2D eigenvalue weighted by Crippen LogP contribution is -2.36. The normalized spacial score (nSPS) is 19.0. The molecule has 184 valence electrons. The van der Waals surface area contributed by atoms with Crippen LogP contribution in [-0.2, 0) is 11.3 Å². The van der Waals surface area contributed by atoms with Crippen LogP contribution in [0.2, 0.25) is 0 Å². The molecule has 2 unspecified atom stereocenters. The van der Waals surface area contributed by atoms with Gasteiger partial charge in [0.05, 0.1) is 18.1 Å². The van der Waals surface area contributed by atoms with E-state index < -0.39 is 0 Å². The molecular formula is C27H33N5O3. The van der Waals surface area contributed by atoms with Crippen molar-refractivity contribution in [2.24, 2.45) is 11.8 Å². The van der Waals surface area contributed by atoms with Crippen LogP contribution in [0.4, 0.5) is 10.5 Å². The zero-order valence-electron chi connectivity index (χ0n) is 20.6. The Morgan fingerprint density at radius 3 is 2.17 bits per heavy atom. The fourth-order valence-corrected chi connectivity index (χ4v) is 4.72. The Kier molecular flexibility index (Phi) is 7.82. The summed E-state index contributed by atoms with van der Waals surface area (Å²) in [6, 6.07) is 18.2. The summed E-state index contributed by atoms with van der Waals surface area (Å²) in [7, 11) is 3.90. The van der Waals surface area contributed by atoms with E-state index in [9.17, 15) is 4.79 Å². The first-order chi connectivity index (χ1) is 17.0. The summed E-state index contributed by atoms with van der Waals surface area (Å²) < 4.78 is 7.35. The van der Waals surface area contributed by atoms with Crippen LogP contribution in [0.1, 0.15) is 12.5 Å². The van der Waals surface area contributed by atoms with Gasteiger partial charge in [0.15, 0.2) is 0 Å². The Balaban J connectivity index is 0.000000917. The number of aromatic nitrogens is 2. The number of benzene rings is 2. The predicted molar refractivity (Wildman–Crippen MR) is 136 cm³/mol. The highest BCUT2D eigenvalue weighted by Crippen LogP contribution is 2.32. The van der Waals surface area contributed by atoms with Gasteiger partial charge in [0.25, 0.3) is 0 Å². The molecule has 35 heavy (non-hydrogen) atoms. The molecule has 2 aliphatic rings. The van der Waals surface area contributed by atoms with E-state index in [0.29, 0.717) is 11.8 Å². The number of carbonyl (C=O) groups excluding carboxylic acids is 2. The van der Waals surface area contributed by atoms with Crippen LogP contribution in [0.15, 0.2) is 67.0 Å². The molecule has 2 aromatic carbocycles. The molecule has 2 atom stereocenters. The molecule has 0 aliphatic carbocycles. The van der Waals surface area contributed by atoms with Gasteiger partial charge in [0.1, 0.15) is 17.8 Å². The first kappa shape index (κ1) is 24.5. The molecule has 1 aromatic heterocycles. The van der Waals surface area contributed by atoms with E-state index in [1.807, 2.05) is 66.4 Å². The van der Waals surface area contributed by atoms with Crippen molar-refractivity contribution < 1.29 is 14.3 Å². The Morgan fingerprint density at radius 2 is 1.60 bits per heavy atom. The summed E-state index contributed by atoms with van der Waals surface area (Å²) in [6.07, 6.45) is 4.28. The van der Waals surface area contributed by atoms with Crippen molar-refractivity contribution in [2.75, 3.05) is 45.2 Å². The van der Waals surface area contributed by atoms with Crippen LogP contribution in [0.3, 0.4) is 0 Å². The van der Waals surface area contributed by atoms with Gasteiger partial charge in [-0.2, -0.15) is 9.78 Å². The molecule has 8 nitrogen and oxygen atoms in total. The number of fused-ring (bicyclic) bond motifs is 1. The maximum Gasteiger partial charge on any atom is 0.344 e. The predicted octanol–water partition coefficient (Wildman–Crippen LogP) is 3.98. The van der Waals surface area contributed by atoms with Crippen molar-refractivity contribution in [3.05, 3.63) is 72.6 Å². The van der Waals surface area contributed by atoms with Gasteiger partial charge in [-0.25, -0.2) is 4.79 Å². The van der Waals surface area contributed by atoms with E-state index in [1.54, 1.807) is 12.4 Å². The third-order valence-corrected chi connectivity index (χ3v) is 6.42. The third-order valence-electron chi connectivity index (χ3n) is 6.42. The lowest BCUT2D eigenvalue weighted by Gasteiger charge is -2.21. The molecule has 3 heterocycles. The number of likely N-dealkylation sites (tertiary alicyclic amines) is 2. The van der Waals surface area contributed by atoms with Gasteiger partial charge < -0.3 is 19.3 Å². The van der Waals surface area contributed by atoms with Gasteiger partial charge in [0, 0.05) is 46.8 Å². The SMILES string of the molecule is CC=O.CN(C)c1cnn(C(=O)N2CC3CN(Cc4ccc(Oc5ccccc5)cc4)CC3C2)c1. The first-order valence-corrected chi connectivity index (χ1v) is 11.9. The summed E-state index contributed by atoms with van der Waals surface area (Å²) in [5.74, 6) is 2.76. The van der Waals surface area contributed by atoms with Gasteiger partial charge in [0.2, 0.25) is 0 Å². The smallest absolute Gasteiger partial charge is 0.344 e. The number of ether oxygens (including phenoxy) is 1. The van der Waals surface area contributed by atoms with E-state index in [-0.39, 0.29) is 6.03 Å². The quantitative estimate of drug-likeness (QED) is 0.520. The molecule has 0 radical (unpaired) electrons. The van der Waals surface area contributed by atoms with E-state index in [2.05, 4.69) is 22.1 Å². The highest BCUT2D eigenvalue weighted by molar-refractivity contribution is 5.77. The number of rotatable bonds is 5. The molecule has 0 saturated carbocycles. The third kappa shape index (κ3) is 6.08. The Hall–Kier alpha value is -3.65. The number of amides is 1. The summed E-state index contributed by atoms with van der Waals surface area (Å²) in [4.78, 5) is 28.0. The Morgan fingerprint density at radius 1 is 1.00 bits per heavy atom. The molecule has 3 aromatic rings. The molecule has 5 rings (SSSR count). The minimum Gasteiger partial charge on any atom is -0.457 e. The van der Waals surface area contributed by atoms with Crippen LogP contribution in [0, 0.1) is 11.8 Å². The van der Waals surface area contributed by atoms with Gasteiger partial charge in [-0.3, -0.25) is 4.90 Å². The average molecular weight is 476 g/mol. The topological polar surface area (TPSA) is 70.9 Å². The molecule has 2 fully saturated rings. The molecule has 2 saturated heterocycles. The van der Waals surface area contributed by atoms with Crippen LogP contribution in [0.25, 0.3) is 0 Å².